The lowest BCUT2D eigenvalue weighted by atomic mass is 10.1. The largest absolute Gasteiger partial charge is 0.463 e. The van der Waals surface area contributed by atoms with Gasteiger partial charge in [-0.3, -0.25) is 9.48 Å². The Hall–Kier alpha value is -1.95. The van der Waals surface area contributed by atoms with Gasteiger partial charge in [0.05, 0.1) is 0 Å². The Morgan fingerprint density at radius 2 is 2.30 bits per heavy atom. The van der Waals surface area contributed by atoms with E-state index in [1.165, 1.54) is 15.1 Å². The van der Waals surface area contributed by atoms with Crippen molar-refractivity contribution in [3.8, 4) is 0 Å². The quantitative estimate of drug-likeness (QED) is 0.868. The topological polar surface area (TPSA) is 70.1 Å². The van der Waals surface area contributed by atoms with Crippen LogP contribution in [0.25, 0.3) is 0 Å². The number of carbonyl (C=O) groups excluding carboxylic acids is 1. The van der Waals surface area contributed by atoms with Gasteiger partial charge in [0.1, 0.15) is 19.0 Å². The molecule has 5 nitrogen and oxygen atoms in total. The van der Waals surface area contributed by atoms with Crippen LogP contribution in [0.1, 0.15) is 5.56 Å². The molecular weight excluding hydrogens is 274 g/mol. The smallest absolute Gasteiger partial charge is 0.327 e. The van der Waals surface area contributed by atoms with E-state index in [0.717, 1.165) is 6.42 Å². The van der Waals surface area contributed by atoms with Gasteiger partial charge in [0, 0.05) is 16.3 Å². The highest BCUT2D eigenvalue weighted by Crippen LogP contribution is 2.36. The van der Waals surface area contributed by atoms with E-state index in [9.17, 15) is 4.79 Å². The fraction of sp³-hybridized carbons (Fsp3) is 0.286. The summed E-state index contributed by atoms with van der Waals surface area (Å²) >= 11 is 1.77. The summed E-state index contributed by atoms with van der Waals surface area (Å²) in [5.41, 5.74) is 6.82. The van der Waals surface area contributed by atoms with Crippen molar-refractivity contribution >= 4 is 23.5 Å². The monoisotopic (exact) mass is 289 g/mol. The molecule has 0 amide bonds. The van der Waals surface area contributed by atoms with Crippen molar-refractivity contribution in [3.05, 3.63) is 42.1 Å². The second-order valence-corrected chi connectivity index (χ2v) is 6.02. The van der Waals surface area contributed by atoms with E-state index in [1.54, 1.807) is 24.0 Å². The van der Waals surface area contributed by atoms with E-state index in [4.69, 9.17) is 10.5 Å². The third-order valence-corrected chi connectivity index (χ3v) is 4.38. The molecule has 0 saturated heterocycles. The van der Waals surface area contributed by atoms with E-state index >= 15 is 0 Å². The third-order valence-electron chi connectivity index (χ3n) is 3.10. The highest BCUT2D eigenvalue weighted by molar-refractivity contribution is 8.00. The summed E-state index contributed by atoms with van der Waals surface area (Å²) in [6.45, 7) is 0.524. The molecule has 104 valence electrons. The fourth-order valence-electron chi connectivity index (χ4n) is 2.18. The zero-order valence-corrected chi connectivity index (χ0v) is 11.7. The lowest BCUT2D eigenvalue weighted by molar-refractivity contribution is -0.144. The first-order chi connectivity index (χ1) is 9.70. The van der Waals surface area contributed by atoms with Gasteiger partial charge in [-0.2, -0.15) is 5.10 Å². The molecule has 1 aromatic carbocycles. The van der Waals surface area contributed by atoms with Gasteiger partial charge in [0.25, 0.3) is 0 Å². The second kappa shape index (κ2) is 5.58. The number of nitrogen functional groups attached to an aromatic ring is 1. The summed E-state index contributed by atoms with van der Waals surface area (Å²) in [5, 5.41) is 4.26. The van der Waals surface area contributed by atoms with Crippen LogP contribution in [-0.2, 0) is 22.5 Å². The van der Waals surface area contributed by atoms with Crippen molar-refractivity contribution in [1.29, 1.82) is 0 Å². The number of aromatic nitrogens is 2. The summed E-state index contributed by atoms with van der Waals surface area (Å²) in [6.07, 6.45) is 2.61. The molecule has 2 aromatic rings. The Labute approximate surface area is 121 Å². The van der Waals surface area contributed by atoms with Gasteiger partial charge in [0.15, 0.2) is 0 Å². The van der Waals surface area contributed by atoms with Crippen molar-refractivity contribution in [3.63, 3.8) is 0 Å². The van der Waals surface area contributed by atoms with E-state index < -0.39 is 0 Å². The molecule has 2 N–H and O–H groups in total. The van der Waals surface area contributed by atoms with Crippen LogP contribution in [0.15, 0.2) is 41.4 Å². The molecule has 1 atom stereocenters. The number of hydrogen-bond acceptors (Lipinski definition) is 5. The first-order valence-electron chi connectivity index (χ1n) is 6.40. The second-order valence-electron chi connectivity index (χ2n) is 4.67. The molecule has 1 aliphatic rings. The van der Waals surface area contributed by atoms with Gasteiger partial charge < -0.3 is 10.5 Å². The van der Waals surface area contributed by atoms with Crippen LogP contribution < -0.4 is 5.73 Å². The van der Waals surface area contributed by atoms with E-state index in [2.05, 4.69) is 17.2 Å². The summed E-state index contributed by atoms with van der Waals surface area (Å²) in [7, 11) is 0. The number of ether oxygens (including phenoxy) is 1. The third kappa shape index (κ3) is 2.96. The lowest BCUT2D eigenvalue weighted by Gasteiger charge is -2.09. The standard InChI is InChI=1S/C14H15N3O2S/c15-13-5-6-17(16-13)8-14(18)19-9-11-7-10-3-1-2-4-12(10)20-11/h1-6,11H,7-9H2,(H2,15,16). The number of benzene rings is 1. The van der Waals surface area contributed by atoms with Crippen molar-refractivity contribution < 1.29 is 9.53 Å². The Balaban J connectivity index is 1.48. The molecule has 1 aliphatic heterocycles. The SMILES string of the molecule is Nc1ccn(CC(=O)OCC2Cc3ccccc3S2)n1. The average Bonchev–Trinajstić information content (AvgIpc) is 3.02. The molecule has 1 unspecified atom stereocenters. The number of esters is 1. The molecular formula is C14H15N3O2S. The molecule has 0 spiro atoms. The molecule has 2 heterocycles. The minimum Gasteiger partial charge on any atom is -0.463 e. The number of nitrogens with two attached hydrogens (primary N) is 1. The molecule has 1 aromatic heterocycles. The number of thioether (sulfide) groups is 1. The first kappa shape index (κ1) is 13.1. The van der Waals surface area contributed by atoms with Crippen LogP contribution in [0.4, 0.5) is 5.82 Å². The van der Waals surface area contributed by atoms with Gasteiger partial charge in [-0.05, 0) is 24.1 Å². The zero-order chi connectivity index (χ0) is 13.9. The Morgan fingerprint density at radius 3 is 3.05 bits per heavy atom. The number of anilines is 1. The van der Waals surface area contributed by atoms with Crippen LogP contribution in [0.2, 0.25) is 0 Å². The summed E-state index contributed by atoms with van der Waals surface area (Å²) in [5.74, 6) is 0.115. The summed E-state index contributed by atoms with van der Waals surface area (Å²) in [4.78, 5) is 13.0. The highest BCUT2D eigenvalue weighted by Gasteiger charge is 2.23. The zero-order valence-electron chi connectivity index (χ0n) is 10.9. The number of rotatable bonds is 4. The predicted molar refractivity (Wildman–Crippen MR) is 77.4 cm³/mol. The van der Waals surface area contributed by atoms with Gasteiger partial charge in [-0.15, -0.1) is 11.8 Å². The summed E-state index contributed by atoms with van der Waals surface area (Å²) < 4.78 is 6.79. The number of fused-ring (bicyclic) bond motifs is 1. The maximum absolute atomic E-state index is 11.7. The predicted octanol–water partition coefficient (Wildman–Crippen LogP) is 1.73. The highest BCUT2D eigenvalue weighted by atomic mass is 32.2. The molecule has 0 bridgehead atoms. The maximum Gasteiger partial charge on any atom is 0.327 e. The minimum absolute atomic E-state index is 0.0987. The van der Waals surface area contributed by atoms with Crippen molar-refractivity contribution in [2.24, 2.45) is 0 Å². The van der Waals surface area contributed by atoms with Crippen molar-refractivity contribution in [2.75, 3.05) is 12.3 Å². The van der Waals surface area contributed by atoms with Gasteiger partial charge in [-0.25, -0.2) is 0 Å². The normalized spacial score (nSPS) is 16.9. The fourth-order valence-corrected chi connectivity index (χ4v) is 3.39. The Morgan fingerprint density at radius 1 is 1.45 bits per heavy atom. The van der Waals surface area contributed by atoms with Crippen molar-refractivity contribution in [2.45, 2.75) is 23.1 Å². The minimum atomic E-state index is -0.287. The van der Waals surface area contributed by atoms with Gasteiger partial charge in [0.2, 0.25) is 0 Å². The van der Waals surface area contributed by atoms with Crippen LogP contribution in [0.3, 0.4) is 0 Å². The van der Waals surface area contributed by atoms with Crippen LogP contribution in [0, 0.1) is 0 Å². The Bertz CT molecular complexity index is 601. The Kier molecular flexibility index (Phi) is 3.64. The lowest BCUT2D eigenvalue weighted by Crippen LogP contribution is -2.19. The molecule has 0 fully saturated rings. The number of carbonyl (C=O) groups is 1. The van der Waals surface area contributed by atoms with Gasteiger partial charge >= 0.3 is 5.97 Å². The average molecular weight is 289 g/mol. The first-order valence-corrected chi connectivity index (χ1v) is 7.28. The van der Waals surface area contributed by atoms with E-state index in [1.807, 2.05) is 12.1 Å². The molecule has 3 rings (SSSR count). The number of hydrogen-bond donors (Lipinski definition) is 1. The maximum atomic E-state index is 11.7. The molecule has 0 radical (unpaired) electrons. The van der Waals surface area contributed by atoms with E-state index in [-0.39, 0.29) is 12.5 Å². The molecule has 20 heavy (non-hydrogen) atoms. The van der Waals surface area contributed by atoms with Gasteiger partial charge in [-0.1, -0.05) is 18.2 Å². The van der Waals surface area contributed by atoms with E-state index in [0.29, 0.717) is 17.7 Å². The molecule has 0 aliphatic carbocycles. The van der Waals surface area contributed by atoms with Crippen LogP contribution >= 0.6 is 11.8 Å². The van der Waals surface area contributed by atoms with Crippen LogP contribution in [0.5, 0.6) is 0 Å². The van der Waals surface area contributed by atoms with Crippen LogP contribution in [-0.4, -0.2) is 27.6 Å². The molecule has 0 saturated carbocycles. The van der Waals surface area contributed by atoms with Crippen molar-refractivity contribution in [1.82, 2.24) is 9.78 Å². The number of nitrogens with zero attached hydrogens (tertiary/aromatic N) is 2. The summed E-state index contributed by atoms with van der Waals surface area (Å²) in [6, 6.07) is 9.94. The molecule has 6 heteroatoms.